The first-order chi connectivity index (χ1) is 14.6. The molecule has 0 spiro atoms. The van der Waals surface area contributed by atoms with Crippen LogP contribution in [0.3, 0.4) is 0 Å². The summed E-state index contributed by atoms with van der Waals surface area (Å²) in [5, 5.41) is 15.6. The Labute approximate surface area is 183 Å². The molecule has 9 heteroatoms. The third kappa shape index (κ3) is 3.22. The lowest BCUT2D eigenvalue weighted by molar-refractivity contribution is 0.312. The predicted octanol–water partition coefficient (Wildman–Crippen LogP) is 4.22. The maximum Gasteiger partial charge on any atom is 0.286 e. The van der Waals surface area contributed by atoms with Gasteiger partial charge in [-0.3, -0.25) is 18.8 Å². The van der Waals surface area contributed by atoms with Crippen molar-refractivity contribution in [1.82, 2.24) is 18.7 Å². The number of hydrogen-bond acceptors (Lipinski definition) is 6. The summed E-state index contributed by atoms with van der Waals surface area (Å²) < 4.78 is 6.88. The first-order valence-corrected chi connectivity index (χ1v) is 12.2. The summed E-state index contributed by atoms with van der Waals surface area (Å²) >= 11 is 7.21. The minimum absolute atomic E-state index is 0.161. The summed E-state index contributed by atoms with van der Waals surface area (Å²) in [4.78, 5) is 17.9. The molecule has 0 aromatic carbocycles. The third-order valence-corrected chi connectivity index (χ3v) is 8.05. The minimum Gasteiger partial charge on any atom is -0.493 e. The molecule has 3 heterocycles. The fourth-order valence-corrected chi connectivity index (χ4v) is 6.53. The molecule has 3 aromatic rings. The van der Waals surface area contributed by atoms with Crippen molar-refractivity contribution in [3.8, 4) is 5.88 Å². The lowest BCUT2D eigenvalue weighted by Crippen LogP contribution is -2.21. The average molecular weight is 446 g/mol. The van der Waals surface area contributed by atoms with Crippen LogP contribution < -0.4 is 10.2 Å². The van der Waals surface area contributed by atoms with Gasteiger partial charge in [-0.2, -0.15) is 5.10 Å². The van der Waals surface area contributed by atoms with Gasteiger partial charge in [-0.15, -0.1) is 11.3 Å². The normalized spacial score (nSPS) is 19.8. The Balaban J connectivity index is 1.87. The van der Waals surface area contributed by atoms with Gasteiger partial charge < -0.3 is 5.11 Å². The van der Waals surface area contributed by atoms with Gasteiger partial charge in [-0.25, -0.2) is 4.68 Å². The Morgan fingerprint density at radius 2 is 1.80 bits per heavy atom. The molecule has 1 N–H and O–H groups in total. The van der Waals surface area contributed by atoms with E-state index in [9.17, 15) is 9.90 Å². The number of aryl methyl sites for hydroxylation is 1. The summed E-state index contributed by atoms with van der Waals surface area (Å²) in [6.45, 7) is 0. The van der Waals surface area contributed by atoms with Crippen LogP contribution in [0.1, 0.15) is 70.3 Å². The molecule has 0 unspecified atom stereocenters. The van der Waals surface area contributed by atoms with E-state index in [4.69, 9.17) is 17.2 Å². The molecular formula is C21H27N5O2S2. The van der Waals surface area contributed by atoms with Gasteiger partial charge in [0.15, 0.2) is 4.77 Å². The first-order valence-electron chi connectivity index (χ1n) is 10.9. The summed E-state index contributed by atoms with van der Waals surface area (Å²) in [5.74, 6) is 0.181. The highest BCUT2D eigenvalue weighted by molar-refractivity contribution is 7.71. The Morgan fingerprint density at radius 1 is 1.13 bits per heavy atom. The molecule has 2 saturated carbocycles. The molecule has 2 fully saturated rings. The van der Waals surface area contributed by atoms with Crippen LogP contribution in [0, 0.1) is 4.77 Å². The maximum absolute atomic E-state index is 12.9. The average Bonchev–Trinajstić information content (AvgIpc) is 3.03. The topological polar surface area (TPSA) is 76.8 Å². The molecule has 30 heavy (non-hydrogen) atoms. The molecule has 0 radical (unpaired) electrons. The number of hydrogen-bond donors (Lipinski definition) is 1. The van der Waals surface area contributed by atoms with Gasteiger partial charge in [-0.1, -0.05) is 38.5 Å². The van der Waals surface area contributed by atoms with E-state index in [2.05, 4.69) is 5.10 Å². The number of aromatic hydroxyl groups is 1. The lowest BCUT2D eigenvalue weighted by atomic mass is 9.95. The summed E-state index contributed by atoms with van der Waals surface area (Å²) in [6, 6.07) is 0.418. The van der Waals surface area contributed by atoms with Crippen LogP contribution in [0.2, 0.25) is 0 Å². The maximum atomic E-state index is 12.9. The van der Waals surface area contributed by atoms with E-state index >= 15 is 0 Å². The largest absolute Gasteiger partial charge is 0.493 e. The molecule has 2 aliphatic rings. The third-order valence-electron chi connectivity index (χ3n) is 6.59. The van der Waals surface area contributed by atoms with Crippen molar-refractivity contribution >= 4 is 39.3 Å². The van der Waals surface area contributed by atoms with Gasteiger partial charge in [-0.05, 0) is 37.9 Å². The van der Waals surface area contributed by atoms with Crippen LogP contribution in [-0.2, 0) is 7.05 Å². The molecule has 0 atom stereocenters. The van der Waals surface area contributed by atoms with E-state index in [0.717, 1.165) is 38.5 Å². The molecular weight excluding hydrogens is 418 g/mol. The van der Waals surface area contributed by atoms with Gasteiger partial charge in [0.2, 0.25) is 5.88 Å². The van der Waals surface area contributed by atoms with Crippen molar-refractivity contribution in [3.63, 3.8) is 0 Å². The summed E-state index contributed by atoms with van der Waals surface area (Å²) in [6.07, 6.45) is 12.9. The van der Waals surface area contributed by atoms with Crippen molar-refractivity contribution in [2.45, 2.75) is 76.3 Å². The Kier molecular flexibility index (Phi) is 5.26. The van der Waals surface area contributed by atoms with E-state index in [1.54, 1.807) is 13.2 Å². The lowest BCUT2D eigenvalue weighted by Gasteiger charge is -2.23. The van der Waals surface area contributed by atoms with Crippen molar-refractivity contribution in [2.75, 3.05) is 0 Å². The van der Waals surface area contributed by atoms with E-state index in [1.807, 2.05) is 8.97 Å². The van der Waals surface area contributed by atoms with Gasteiger partial charge in [0.25, 0.3) is 5.56 Å². The smallest absolute Gasteiger partial charge is 0.286 e. The molecule has 160 valence electrons. The highest BCUT2D eigenvalue weighted by Crippen LogP contribution is 2.35. The van der Waals surface area contributed by atoms with Gasteiger partial charge >= 0.3 is 0 Å². The molecule has 0 bridgehead atoms. The Hall–Kier alpha value is -2.00. The number of rotatable bonds is 2. The van der Waals surface area contributed by atoms with Crippen LogP contribution >= 0.6 is 23.6 Å². The van der Waals surface area contributed by atoms with Crippen molar-refractivity contribution in [1.29, 1.82) is 0 Å². The van der Waals surface area contributed by atoms with Crippen molar-refractivity contribution in [2.24, 2.45) is 12.0 Å². The van der Waals surface area contributed by atoms with E-state index in [1.165, 1.54) is 41.7 Å². The van der Waals surface area contributed by atoms with Gasteiger partial charge in [0, 0.05) is 13.1 Å². The minimum atomic E-state index is -0.161. The second-order valence-corrected chi connectivity index (χ2v) is 9.93. The van der Waals surface area contributed by atoms with Gasteiger partial charge in [0.1, 0.15) is 14.9 Å². The second kappa shape index (κ2) is 7.92. The summed E-state index contributed by atoms with van der Waals surface area (Å²) in [7, 11) is 1.65. The molecule has 5 rings (SSSR count). The van der Waals surface area contributed by atoms with Gasteiger partial charge in [0.05, 0.1) is 17.8 Å². The molecule has 0 amide bonds. The second-order valence-electron chi connectivity index (χ2n) is 8.57. The number of fused-ring (bicyclic) bond motifs is 3. The first kappa shape index (κ1) is 19.9. The quantitative estimate of drug-likeness (QED) is 0.599. The van der Waals surface area contributed by atoms with E-state index < -0.39 is 0 Å². The Morgan fingerprint density at radius 3 is 2.50 bits per heavy atom. The van der Waals surface area contributed by atoms with Crippen molar-refractivity contribution in [3.05, 3.63) is 26.0 Å². The van der Waals surface area contributed by atoms with E-state index in [0.29, 0.717) is 25.2 Å². The highest BCUT2D eigenvalue weighted by Gasteiger charge is 2.25. The fourth-order valence-electron chi connectivity index (χ4n) is 4.96. The number of nitrogens with zero attached hydrogens (tertiary/aromatic N) is 5. The standard InChI is InChI=1S/C21H27N5O2S2/c1-24-20(28)17-15(12-22-24)26-16(18(30-17)23-13-8-4-2-5-9-13)19(27)25(21(26)29)14-10-6-3-7-11-14/h12-14,27H,2-11H2,1H3. The van der Waals surface area contributed by atoms with Crippen molar-refractivity contribution < 1.29 is 5.11 Å². The number of aromatic nitrogens is 4. The summed E-state index contributed by atoms with van der Waals surface area (Å²) in [5.41, 5.74) is 1.12. The Bertz CT molecular complexity index is 1290. The fraction of sp³-hybridized carbons (Fsp3) is 0.619. The SMILES string of the molecule is Cn1ncc2c(sc(=NC3CCCCC3)c3c(O)n(C4CCCCC4)c(=S)n32)c1=O. The van der Waals surface area contributed by atoms with Crippen LogP contribution in [0.4, 0.5) is 0 Å². The predicted molar refractivity (Wildman–Crippen MR) is 121 cm³/mol. The molecule has 0 saturated heterocycles. The zero-order valence-electron chi connectivity index (χ0n) is 17.2. The van der Waals surface area contributed by atoms with E-state index in [-0.39, 0.29) is 23.5 Å². The molecule has 7 nitrogen and oxygen atoms in total. The van der Waals surface area contributed by atoms with Crippen LogP contribution in [0.25, 0.3) is 15.7 Å². The van der Waals surface area contributed by atoms with Crippen LogP contribution in [0.15, 0.2) is 16.0 Å². The molecule has 2 aliphatic carbocycles. The van der Waals surface area contributed by atoms with Crippen LogP contribution in [0.5, 0.6) is 5.88 Å². The monoisotopic (exact) mass is 445 g/mol. The highest BCUT2D eigenvalue weighted by atomic mass is 32.1. The van der Waals surface area contributed by atoms with Crippen LogP contribution in [-0.4, -0.2) is 29.9 Å². The molecule has 3 aromatic heterocycles. The number of imidazole rings is 1. The zero-order valence-corrected chi connectivity index (χ0v) is 18.8. The zero-order chi connectivity index (χ0) is 20.8. The molecule has 0 aliphatic heterocycles.